The van der Waals surface area contributed by atoms with Crippen molar-refractivity contribution in [2.45, 2.75) is 33.4 Å². The highest BCUT2D eigenvalue weighted by Gasteiger charge is 2.10. The molecular weight excluding hydrogens is 286 g/mol. The van der Waals surface area contributed by atoms with Gasteiger partial charge in [0.15, 0.2) is 11.6 Å². The number of nitrogens with zero attached hydrogens (tertiary/aromatic N) is 4. The largest absolute Gasteiger partial charge is 0.372 e. The van der Waals surface area contributed by atoms with Gasteiger partial charge in [-0.1, -0.05) is 19.1 Å². The minimum Gasteiger partial charge on any atom is -0.372 e. The number of benzene rings is 1. The average Bonchev–Trinajstić information content (AvgIpc) is 2.88. The Morgan fingerprint density at radius 2 is 2.09 bits per heavy atom. The highest BCUT2D eigenvalue weighted by atomic mass is 19.2. The molecule has 0 amide bonds. The van der Waals surface area contributed by atoms with E-state index in [2.05, 4.69) is 23.1 Å². The van der Waals surface area contributed by atoms with E-state index in [9.17, 15) is 8.78 Å². The molecule has 2 aromatic rings. The molecule has 0 radical (unpaired) electrons. The van der Waals surface area contributed by atoms with E-state index in [1.165, 1.54) is 12.4 Å². The summed E-state index contributed by atoms with van der Waals surface area (Å²) in [6, 6.07) is 3.98. The summed E-state index contributed by atoms with van der Waals surface area (Å²) in [5.41, 5.74) is 1.78. The number of hydrogen-bond donors (Lipinski definition) is 0. The van der Waals surface area contributed by atoms with Crippen LogP contribution in [0.3, 0.4) is 0 Å². The standard InChI is InChI=1S/C16H20F2N4/c1-4-5-14(10-22-12(2)19-11-20-22)21(3)9-13-6-7-15(17)16(18)8-13/h5-8,11H,4,9-10H2,1-3H3. The fraction of sp³-hybridized carbons (Fsp3) is 0.375. The van der Waals surface area contributed by atoms with Crippen molar-refractivity contribution in [1.82, 2.24) is 19.7 Å². The van der Waals surface area contributed by atoms with Gasteiger partial charge in [0, 0.05) is 19.3 Å². The van der Waals surface area contributed by atoms with E-state index in [-0.39, 0.29) is 0 Å². The molecule has 0 aliphatic heterocycles. The molecule has 0 saturated heterocycles. The third-order valence-electron chi connectivity index (χ3n) is 3.45. The predicted octanol–water partition coefficient (Wildman–Crippen LogP) is 3.29. The van der Waals surface area contributed by atoms with Crippen molar-refractivity contribution in [2.24, 2.45) is 0 Å². The smallest absolute Gasteiger partial charge is 0.159 e. The Hall–Kier alpha value is -2.24. The summed E-state index contributed by atoms with van der Waals surface area (Å²) in [7, 11) is 1.93. The van der Waals surface area contributed by atoms with Gasteiger partial charge in [-0.25, -0.2) is 18.4 Å². The van der Waals surface area contributed by atoms with Crippen LogP contribution < -0.4 is 0 Å². The summed E-state index contributed by atoms with van der Waals surface area (Å²) < 4.78 is 28.1. The number of likely N-dealkylation sites (N-methyl/N-ethyl adjacent to an activating group) is 1. The molecule has 0 aliphatic carbocycles. The van der Waals surface area contributed by atoms with Crippen LogP contribution in [0, 0.1) is 18.6 Å². The zero-order valence-electron chi connectivity index (χ0n) is 13.1. The highest BCUT2D eigenvalue weighted by Crippen LogP contribution is 2.15. The van der Waals surface area contributed by atoms with Crippen molar-refractivity contribution in [1.29, 1.82) is 0 Å². The average molecular weight is 306 g/mol. The van der Waals surface area contributed by atoms with Gasteiger partial charge in [-0.2, -0.15) is 5.10 Å². The first kappa shape index (κ1) is 16.1. The lowest BCUT2D eigenvalue weighted by atomic mass is 10.2. The number of aryl methyl sites for hydroxylation is 1. The molecule has 0 unspecified atom stereocenters. The summed E-state index contributed by atoms with van der Waals surface area (Å²) in [5, 5.41) is 4.18. The molecule has 4 nitrogen and oxygen atoms in total. The predicted molar refractivity (Wildman–Crippen MR) is 81.0 cm³/mol. The van der Waals surface area contributed by atoms with E-state index in [1.54, 1.807) is 6.07 Å². The van der Waals surface area contributed by atoms with Crippen molar-refractivity contribution in [3.63, 3.8) is 0 Å². The van der Waals surface area contributed by atoms with E-state index in [1.807, 2.05) is 23.6 Å². The molecule has 1 aromatic carbocycles. The van der Waals surface area contributed by atoms with Crippen LogP contribution in [0.15, 0.2) is 36.3 Å². The van der Waals surface area contributed by atoms with Gasteiger partial charge in [0.1, 0.15) is 12.2 Å². The Labute approximate surface area is 129 Å². The highest BCUT2D eigenvalue weighted by molar-refractivity contribution is 5.18. The second kappa shape index (κ2) is 7.15. The number of hydrogen-bond acceptors (Lipinski definition) is 3. The quantitative estimate of drug-likeness (QED) is 0.821. The lowest BCUT2D eigenvalue weighted by molar-refractivity contribution is 0.374. The fourth-order valence-corrected chi connectivity index (χ4v) is 2.22. The fourth-order valence-electron chi connectivity index (χ4n) is 2.22. The molecule has 0 aliphatic rings. The monoisotopic (exact) mass is 306 g/mol. The van der Waals surface area contributed by atoms with Gasteiger partial charge in [-0.3, -0.25) is 0 Å². The molecule has 0 spiro atoms. The van der Waals surface area contributed by atoms with Gasteiger partial charge in [0.2, 0.25) is 0 Å². The lowest BCUT2D eigenvalue weighted by Crippen LogP contribution is -2.22. The lowest BCUT2D eigenvalue weighted by Gasteiger charge is -2.23. The summed E-state index contributed by atoms with van der Waals surface area (Å²) in [6.45, 7) is 5.04. The number of rotatable bonds is 6. The van der Waals surface area contributed by atoms with Gasteiger partial charge < -0.3 is 4.90 Å². The Morgan fingerprint density at radius 1 is 1.32 bits per heavy atom. The van der Waals surface area contributed by atoms with Gasteiger partial charge in [-0.05, 0) is 31.0 Å². The Morgan fingerprint density at radius 3 is 2.68 bits per heavy atom. The van der Waals surface area contributed by atoms with Gasteiger partial charge >= 0.3 is 0 Å². The van der Waals surface area contributed by atoms with Crippen LogP contribution in [0.2, 0.25) is 0 Å². The Balaban J connectivity index is 2.12. The van der Waals surface area contributed by atoms with Crippen LogP contribution in [0.1, 0.15) is 24.7 Å². The molecule has 6 heteroatoms. The van der Waals surface area contributed by atoms with Crippen molar-refractivity contribution in [3.8, 4) is 0 Å². The zero-order valence-corrected chi connectivity index (χ0v) is 13.1. The van der Waals surface area contributed by atoms with Gasteiger partial charge in [0.05, 0.1) is 6.54 Å². The second-order valence-electron chi connectivity index (χ2n) is 5.17. The normalized spacial score (nSPS) is 11.8. The number of allylic oxidation sites excluding steroid dienone is 2. The summed E-state index contributed by atoms with van der Waals surface area (Å²) in [4.78, 5) is 6.12. The third-order valence-corrected chi connectivity index (χ3v) is 3.45. The second-order valence-corrected chi connectivity index (χ2v) is 5.17. The van der Waals surface area contributed by atoms with E-state index in [0.29, 0.717) is 13.1 Å². The van der Waals surface area contributed by atoms with E-state index < -0.39 is 11.6 Å². The van der Waals surface area contributed by atoms with Gasteiger partial charge in [-0.15, -0.1) is 0 Å². The van der Waals surface area contributed by atoms with Crippen LogP contribution in [0.5, 0.6) is 0 Å². The summed E-state index contributed by atoms with van der Waals surface area (Å²) in [6.07, 6.45) is 4.50. The maximum Gasteiger partial charge on any atom is 0.159 e. The molecular formula is C16H20F2N4. The van der Waals surface area contributed by atoms with Crippen molar-refractivity contribution >= 4 is 0 Å². The molecule has 0 bridgehead atoms. The minimum absolute atomic E-state index is 0.497. The maximum absolute atomic E-state index is 13.3. The van der Waals surface area contributed by atoms with Gasteiger partial charge in [0.25, 0.3) is 0 Å². The summed E-state index contributed by atoms with van der Waals surface area (Å²) >= 11 is 0. The Kier molecular flexibility index (Phi) is 5.25. The number of halogens is 2. The van der Waals surface area contributed by atoms with Crippen molar-refractivity contribution in [3.05, 3.63) is 59.3 Å². The maximum atomic E-state index is 13.3. The van der Waals surface area contributed by atoms with Crippen LogP contribution in [-0.4, -0.2) is 26.7 Å². The molecule has 0 saturated carbocycles. The van der Waals surface area contributed by atoms with Crippen LogP contribution in [0.25, 0.3) is 0 Å². The molecule has 22 heavy (non-hydrogen) atoms. The first-order valence-corrected chi connectivity index (χ1v) is 7.19. The molecule has 0 fully saturated rings. The van der Waals surface area contributed by atoms with E-state index >= 15 is 0 Å². The van der Waals surface area contributed by atoms with E-state index in [4.69, 9.17) is 0 Å². The minimum atomic E-state index is -0.825. The van der Waals surface area contributed by atoms with Crippen LogP contribution in [0.4, 0.5) is 8.78 Å². The molecule has 1 aromatic heterocycles. The first-order chi connectivity index (χ1) is 10.5. The molecule has 2 rings (SSSR count). The molecule has 0 N–H and O–H groups in total. The topological polar surface area (TPSA) is 34.0 Å². The third kappa shape index (κ3) is 3.90. The van der Waals surface area contributed by atoms with E-state index in [0.717, 1.165) is 29.6 Å². The molecule has 0 atom stereocenters. The molecule has 1 heterocycles. The Bertz CT molecular complexity index is 664. The van der Waals surface area contributed by atoms with Crippen molar-refractivity contribution in [2.75, 3.05) is 7.05 Å². The first-order valence-electron chi connectivity index (χ1n) is 7.19. The number of aromatic nitrogens is 3. The van der Waals surface area contributed by atoms with Crippen LogP contribution in [-0.2, 0) is 13.1 Å². The SMILES string of the molecule is CCC=C(Cn1ncnc1C)N(C)Cc1ccc(F)c(F)c1. The zero-order chi connectivity index (χ0) is 16.1. The summed E-state index contributed by atoms with van der Waals surface area (Å²) in [5.74, 6) is -0.809. The molecule has 118 valence electrons. The van der Waals surface area contributed by atoms with Crippen molar-refractivity contribution < 1.29 is 8.78 Å². The van der Waals surface area contributed by atoms with Crippen LogP contribution >= 0.6 is 0 Å².